The molecule has 0 saturated carbocycles. The van der Waals surface area contributed by atoms with E-state index in [0.29, 0.717) is 25.2 Å². The summed E-state index contributed by atoms with van der Waals surface area (Å²) in [5.74, 6) is 0.535. The van der Waals surface area contributed by atoms with Gasteiger partial charge in [-0.05, 0) is 19.4 Å². The van der Waals surface area contributed by atoms with Crippen molar-refractivity contribution >= 4 is 18.3 Å². The Morgan fingerprint density at radius 2 is 2.38 bits per heavy atom. The molecule has 0 aromatic heterocycles. The molecular formula is C11H21ClN2O2. The lowest BCUT2D eigenvalue weighted by Crippen LogP contribution is -2.50. The van der Waals surface area contributed by atoms with Crippen LogP contribution >= 0.6 is 12.4 Å². The Balaban J connectivity index is 0.00000128. The van der Waals surface area contributed by atoms with Gasteiger partial charge in [-0.25, -0.2) is 0 Å². The molecule has 2 saturated heterocycles. The molecule has 2 rings (SSSR count). The average molecular weight is 249 g/mol. The van der Waals surface area contributed by atoms with Crippen molar-refractivity contribution in [3.8, 4) is 0 Å². The quantitative estimate of drug-likeness (QED) is 0.781. The molecule has 94 valence electrons. The number of halogens is 1. The van der Waals surface area contributed by atoms with Crippen LogP contribution in [0.4, 0.5) is 0 Å². The van der Waals surface area contributed by atoms with Crippen LogP contribution in [0.3, 0.4) is 0 Å². The van der Waals surface area contributed by atoms with Crippen molar-refractivity contribution in [2.45, 2.75) is 25.8 Å². The number of amides is 1. The van der Waals surface area contributed by atoms with E-state index in [1.165, 1.54) is 0 Å². The summed E-state index contributed by atoms with van der Waals surface area (Å²) >= 11 is 0. The fraction of sp³-hybridized carbons (Fsp3) is 0.909. The van der Waals surface area contributed by atoms with E-state index in [1.807, 2.05) is 4.90 Å². The van der Waals surface area contributed by atoms with Gasteiger partial charge in [-0.1, -0.05) is 6.92 Å². The van der Waals surface area contributed by atoms with Crippen molar-refractivity contribution in [2.24, 2.45) is 5.92 Å². The molecule has 0 spiro atoms. The number of hydrogen-bond donors (Lipinski definition) is 1. The zero-order chi connectivity index (χ0) is 10.7. The number of nitrogens with zero attached hydrogens (tertiary/aromatic N) is 1. The van der Waals surface area contributed by atoms with Gasteiger partial charge in [-0.3, -0.25) is 4.79 Å². The first-order chi connectivity index (χ1) is 7.33. The molecule has 1 N–H and O–H groups in total. The second-order valence-electron chi connectivity index (χ2n) is 4.36. The Kier molecular flexibility index (Phi) is 5.52. The van der Waals surface area contributed by atoms with Gasteiger partial charge in [0.25, 0.3) is 0 Å². The number of carbonyl (C=O) groups is 1. The van der Waals surface area contributed by atoms with Crippen molar-refractivity contribution in [3.63, 3.8) is 0 Å². The second-order valence-corrected chi connectivity index (χ2v) is 4.36. The van der Waals surface area contributed by atoms with Crippen LogP contribution in [-0.4, -0.2) is 49.7 Å². The Bertz CT molecular complexity index is 232. The number of morpholine rings is 1. The molecular weight excluding hydrogens is 228 g/mol. The molecule has 2 aliphatic heterocycles. The molecule has 1 amide bonds. The lowest BCUT2D eigenvalue weighted by atomic mass is 10.0. The smallest absolute Gasteiger partial charge is 0.227 e. The summed E-state index contributed by atoms with van der Waals surface area (Å²) in [6, 6.07) is 0.298. The van der Waals surface area contributed by atoms with Crippen LogP contribution in [0.1, 0.15) is 19.8 Å². The monoisotopic (exact) mass is 248 g/mol. The minimum absolute atomic E-state index is 0. The largest absolute Gasteiger partial charge is 0.377 e. The van der Waals surface area contributed by atoms with Crippen LogP contribution in [0, 0.1) is 5.92 Å². The topological polar surface area (TPSA) is 41.6 Å². The molecule has 0 bridgehead atoms. The summed E-state index contributed by atoms with van der Waals surface area (Å²) in [6.45, 7) is 6.13. The summed E-state index contributed by atoms with van der Waals surface area (Å²) in [5.41, 5.74) is 0. The lowest BCUT2D eigenvalue weighted by Gasteiger charge is -2.36. The van der Waals surface area contributed by atoms with Crippen molar-refractivity contribution in [3.05, 3.63) is 0 Å². The molecule has 2 fully saturated rings. The summed E-state index contributed by atoms with van der Waals surface area (Å²) in [7, 11) is 0. The number of rotatable bonds is 2. The average Bonchev–Trinajstić information content (AvgIpc) is 2.81. The van der Waals surface area contributed by atoms with E-state index in [9.17, 15) is 4.79 Å². The fourth-order valence-electron chi connectivity index (χ4n) is 2.38. The minimum atomic E-state index is 0. The lowest BCUT2D eigenvalue weighted by molar-refractivity contribution is -0.143. The minimum Gasteiger partial charge on any atom is -0.377 e. The van der Waals surface area contributed by atoms with Gasteiger partial charge in [0.05, 0.1) is 25.2 Å². The van der Waals surface area contributed by atoms with Crippen molar-refractivity contribution in [2.75, 3.05) is 32.8 Å². The molecule has 16 heavy (non-hydrogen) atoms. The van der Waals surface area contributed by atoms with Gasteiger partial charge in [-0.2, -0.15) is 0 Å². The maximum atomic E-state index is 12.2. The Hall–Kier alpha value is -0.320. The first-order valence-electron chi connectivity index (χ1n) is 5.92. The maximum Gasteiger partial charge on any atom is 0.227 e. The van der Waals surface area contributed by atoms with E-state index >= 15 is 0 Å². The van der Waals surface area contributed by atoms with Crippen LogP contribution in [0.5, 0.6) is 0 Å². The normalized spacial score (nSPS) is 29.9. The summed E-state index contributed by atoms with van der Waals surface area (Å²) in [4.78, 5) is 14.2. The molecule has 5 heteroatoms. The molecule has 0 aromatic rings. The van der Waals surface area contributed by atoms with Gasteiger partial charge < -0.3 is 15.0 Å². The van der Waals surface area contributed by atoms with E-state index in [-0.39, 0.29) is 18.3 Å². The SMILES string of the molecule is CCC1COCCN1C(=O)C1CCNC1.Cl. The number of ether oxygens (including phenoxy) is 1. The first kappa shape index (κ1) is 13.7. The first-order valence-corrected chi connectivity index (χ1v) is 5.92. The number of hydrogen-bond acceptors (Lipinski definition) is 3. The molecule has 0 aliphatic carbocycles. The molecule has 2 aliphatic rings. The zero-order valence-corrected chi connectivity index (χ0v) is 10.6. The van der Waals surface area contributed by atoms with Gasteiger partial charge in [0.2, 0.25) is 5.91 Å². The molecule has 4 nitrogen and oxygen atoms in total. The number of carbonyl (C=O) groups excluding carboxylic acids is 1. The summed E-state index contributed by atoms with van der Waals surface area (Å²) in [6.07, 6.45) is 1.98. The van der Waals surface area contributed by atoms with Crippen molar-refractivity contribution in [1.29, 1.82) is 0 Å². The second kappa shape index (κ2) is 6.42. The Morgan fingerprint density at radius 3 is 3.00 bits per heavy atom. The Labute approximate surface area is 103 Å². The van der Waals surface area contributed by atoms with Crippen LogP contribution in [0.15, 0.2) is 0 Å². The zero-order valence-electron chi connectivity index (χ0n) is 9.78. The highest BCUT2D eigenvalue weighted by molar-refractivity contribution is 5.85. The molecule has 2 heterocycles. The third kappa shape index (κ3) is 2.87. The Morgan fingerprint density at radius 1 is 1.56 bits per heavy atom. The predicted molar refractivity (Wildman–Crippen MR) is 64.8 cm³/mol. The van der Waals surface area contributed by atoms with Crippen LogP contribution < -0.4 is 5.32 Å². The van der Waals surface area contributed by atoms with E-state index in [2.05, 4.69) is 12.2 Å². The fourth-order valence-corrected chi connectivity index (χ4v) is 2.38. The molecule has 0 radical (unpaired) electrons. The molecule has 2 unspecified atom stereocenters. The summed E-state index contributed by atoms with van der Waals surface area (Å²) in [5, 5.41) is 3.25. The summed E-state index contributed by atoms with van der Waals surface area (Å²) < 4.78 is 5.41. The predicted octanol–water partition coefficient (Wildman–Crippen LogP) is 0.655. The highest BCUT2D eigenvalue weighted by Gasteiger charge is 2.32. The van der Waals surface area contributed by atoms with E-state index < -0.39 is 0 Å². The molecule has 2 atom stereocenters. The van der Waals surface area contributed by atoms with Gasteiger partial charge in [0.15, 0.2) is 0 Å². The maximum absolute atomic E-state index is 12.2. The number of nitrogens with one attached hydrogen (secondary N) is 1. The third-order valence-corrected chi connectivity index (χ3v) is 3.39. The van der Waals surface area contributed by atoms with Gasteiger partial charge in [0.1, 0.15) is 0 Å². The van der Waals surface area contributed by atoms with Gasteiger partial charge >= 0.3 is 0 Å². The van der Waals surface area contributed by atoms with Crippen molar-refractivity contribution in [1.82, 2.24) is 10.2 Å². The highest BCUT2D eigenvalue weighted by atomic mass is 35.5. The highest BCUT2D eigenvalue weighted by Crippen LogP contribution is 2.17. The van der Waals surface area contributed by atoms with E-state index in [0.717, 1.165) is 32.5 Å². The van der Waals surface area contributed by atoms with Crippen LogP contribution in [0.25, 0.3) is 0 Å². The van der Waals surface area contributed by atoms with Crippen LogP contribution in [-0.2, 0) is 9.53 Å². The van der Waals surface area contributed by atoms with Crippen LogP contribution in [0.2, 0.25) is 0 Å². The van der Waals surface area contributed by atoms with E-state index in [4.69, 9.17) is 4.74 Å². The third-order valence-electron chi connectivity index (χ3n) is 3.39. The standard InChI is InChI=1S/C11H20N2O2.ClH/c1-2-10-8-15-6-5-13(10)11(14)9-3-4-12-7-9;/h9-10,12H,2-8H2,1H3;1H. The van der Waals surface area contributed by atoms with Gasteiger partial charge in [-0.15, -0.1) is 12.4 Å². The van der Waals surface area contributed by atoms with Gasteiger partial charge in [0, 0.05) is 13.1 Å². The molecule has 0 aromatic carbocycles. The van der Waals surface area contributed by atoms with Crippen molar-refractivity contribution < 1.29 is 9.53 Å². The van der Waals surface area contributed by atoms with E-state index in [1.54, 1.807) is 0 Å².